The highest BCUT2D eigenvalue weighted by Gasteiger charge is 2.06. The molecule has 0 aliphatic heterocycles. The van der Waals surface area contributed by atoms with Crippen molar-refractivity contribution in [3.05, 3.63) is 21.6 Å². The second-order valence-electron chi connectivity index (χ2n) is 3.20. The predicted molar refractivity (Wildman–Crippen MR) is 63.7 cm³/mol. The summed E-state index contributed by atoms with van der Waals surface area (Å²) in [6.07, 6.45) is 2.81. The number of hydrogen-bond acceptors (Lipinski definition) is 6. The average Bonchev–Trinajstić information content (AvgIpc) is 2.84. The van der Waals surface area contributed by atoms with Crippen LogP contribution in [0.3, 0.4) is 0 Å². The van der Waals surface area contributed by atoms with Gasteiger partial charge in [0.2, 0.25) is 5.13 Å². The second kappa shape index (κ2) is 4.67. The van der Waals surface area contributed by atoms with Crippen molar-refractivity contribution < 1.29 is 0 Å². The standard InChI is InChI=1S/C9H12N4S2/c1-7-11-12-9(15-7)13(2)5-3-8-10-4-6-14-8/h4,6H,3,5H2,1-2H3. The van der Waals surface area contributed by atoms with Gasteiger partial charge in [0.15, 0.2) is 0 Å². The van der Waals surface area contributed by atoms with Gasteiger partial charge in [0.05, 0.1) is 5.01 Å². The van der Waals surface area contributed by atoms with E-state index in [0.29, 0.717) is 0 Å². The van der Waals surface area contributed by atoms with Crippen molar-refractivity contribution in [3.63, 3.8) is 0 Å². The van der Waals surface area contributed by atoms with Crippen LogP contribution in [0.1, 0.15) is 10.0 Å². The summed E-state index contributed by atoms with van der Waals surface area (Å²) >= 11 is 3.31. The van der Waals surface area contributed by atoms with Crippen LogP contribution in [0.25, 0.3) is 0 Å². The molecule has 0 atom stereocenters. The third-order valence-electron chi connectivity index (χ3n) is 1.99. The van der Waals surface area contributed by atoms with E-state index in [1.165, 1.54) is 5.01 Å². The fourth-order valence-electron chi connectivity index (χ4n) is 1.18. The smallest absolute Gasteiger partial charge is 0.208 e. The average molecular weight is 240 g/mol. The van der Waals surface area contributed by atoms with Crippen molar-refractivity contribution in [2.24, 2.45) is 0 Å². The van der Waals surface area contributed by atoms with E-state index in [9.17, 15) is 0 Å². The summed E-state index contributed by atoms with van der Waals surface area (Å²) in [5, 5.41) is 13.2. The number of likely N-dealkylation sites (N-methyl/N-ethyl adjacent to an activating group) is 1. The number of nitrogens with zero attached hydrogens (tertiary/aromatic N) is 4. The Morgan fingerprint density at radius 3 is 2.87 bits per heavy atom. The molecule has 0 fully saturated rings. The van der Waals surface area contributed by atoms with E-state index in [-0.39, 0.29) is 0 Å². The number of aryl methyl sites for hydroxylation is 1. The Labute approximate surface area is 96.6 Å². The predicted octanol–water partition coefficient (Wildman–Crippen LogP) is 1.98. The van der Waals surface area contributed by atoms with Gasteiger partial charge in [-0.05, 0) is 6.92 Å². The Morgan fingerprint density at radius 1 is 1.40 bits per heavy atom. The molecule has 0 aromatic carbocycles. The maximum atomic E-state index is 4.25. The Hall–Kier alpha value is -1.01. The molecule has 2 heterocycles. The lowest BCUT2D eigenvalue weighted by atomic mass is 10.4. The topological polar surface area (TPSA) is 41.9 Å². The van der Waals surface area contributed by atoms with Gasteiger partial charge in [0, 0.05) is 31.6 Å². The van der Waals surface area contributed by atoms with Gasteiger partial charge < -0.3 is 4.90 Å². The third kappa shape index (κ3) is 2.73. The van der Waals surface area contributed by atoms with E-state index in [4.69, 9.17) is 0 Å². The molecule has 0 saturated heterocycles. The molecule has 0 N–H and O–H groups in total. The molecular weight excluding hydrogens is 228 g/mol. The molecule has 2 aromatic heterocycles. The first-order valence-electron chi connectivity index (χ1n) is 4.65. The monoisotopic (exact) mass is 240 g/mol. The normalized spacial score (nSPS) is 10.5. The molecule has 0 aliphatic carbocycles. The third-order valence-corrected chi connectivity index (χ3v) is 3.78. The summed E-state index contributed by atoms with van der Waals surface area (Å²) in [5.74, 6) is 0. The number of thiazole rings is 1. The summed E-state index contributed by atoms with van der Waals surface area (Å²) in [6, 6.07) is 0. The highest BCUT2D eigenvalue weighted by Crippen LogP contribution is 2.18. The molecule has 0 radical (unpaired) electrons. The molecule has 2 aromatic rings. The summed E-state index contributed by atoms with van der Waals surface area (Å²) < 4.78 is 0. The molecule has 4 nitrogen and oxygen atoms in total. The molecule has 0 amide bonds. The minimum atomic E-state index is 0.933. The SMILES string of the molecule is Cc1nnc(N(C)CCc2nccs2)s1. The van der Waals surface area contributed by atoms with E-state index >= 15 is 0 Å². The Bertz CT molecular complexity index is 409. The van der Waals surface area contributed by atoms with E-state index in [1.807, 2.05) is 25.5 Å². The Kier molecular flexibility index (Phi) is 3.27. The van der Waals surface area contributed by atoms with Gasteiger partial charge in [-0.15, -0.1) is 21.5 Å². The Morgan fingerprint density at radius 2 is 2.27 bits per heavy atom. The Balaban J connectivity index is 1.90. The zero-order valence-electron chi connectivity index (χ0n) is 8.67. The van der Waals surface area contributed by atoms with Crippen LogP contribution in [0.4, 0.5) is 5.13 Å². The van der Waals surface area contributed by atoms with Crippen LogP contribution in [0.5, 0.6) is 0 Å². The molecule has 0 unspecified atom stereocenters. The molecule has 0 spiro atoms. The van der Waals surface area contributed by atoms with Gasteiger partial charge in [0.1, 0.15) is 5.01 Å². The van der Waals surface area contributed by atoms with Crippen LogP contribution in [0.2, 0.25) is 0 Å². The molecule has 0 saturated carbocycles. The van der Waals surface area contributed by atoms with Crippen LogP contribution >= 0.6 is 22.7 Å². The van der Waals surface area contributed by atoms with E-state index in [2.05, 4.69) is 20.1 Å². The van der Waals surface area contributed by atoms with Crippen molar-refractivity contribution >= 4 is 27.8 Å². The van der Waals surface area contributed by atoms with Crippen LogP contribution in [-0.4, -0.2) is 28.8 Å². The lowest BCUT2D eigenvalue weighted by Crippen LogP contribution is -2.19. The van der Waals surface area contributed by atoms with Crippen molar-refractivity contribution in [2.75, 3.05) is 18.5 Å². The second-order valence-corrected chi connectivity index (χ2v) is 5.34. The lowest BCUT2D eigenvalue weighted by Gasteiger charge is -2.13. The van der Waals surface area contributed by atoms with E-state index in [1.54, 1.807) is 22.7 Å². The maximum absolute atomic E-state index is 4.25. The summed E-state index contributed by atoms with van der Waals surface area (Å²) in [7, 11) is 2.04. The zero-order chi connectivity index (χ0) is 10.7. The minimum absolute atomic E-state index is 0.933. The number of hydrogen-bond donors (Lipinski definition) is 0. The van der Waals surface area contributed by atoms with E-state index < -0.39 is 0 Å². The first-order chi connectivity index (χ1) is 7.25. The van der Waals surface area contributed by atoms with E-state index in [0.717, 1.165) is 23.1 Å². The first kappa shape index (κ1) is 10.5. The van der Waals surface area contributed by atoms with Crippen LogP contribution in [0.15, 0.2) is 11.6 Å². The minimum Gasteiger partial charge on any atom is -0.349 e. The van der Waals surface area contributed by atoms with Gasteiger partial charge in [-0.2, -0.15) is 0 Å². The molecule has 2 rings (SSSR count). The van der Waals surface area contributed by atoms with Gasteiger partial charge in [-0.25, -0.2) is 4.98 Å². The fraction of sp³-hybridized carbons (Fsp3) is 0.444. The van der Waals surface area contributed by atoms with Crippen molar-refractivity contribution in [1.82, 2.24) is 15.2 Å². The van der Waals surface area contributed by atoms with Gasteiger partial charge in [-0.3, -0.25) is 0 Å². The fourth-order valence-corrected chi connectivity index (χ4v) is 2.46. The quantitative estimate of drug-likeness (QED) is 0.819. The first-order valence-corrected chi connectivity index (χ1v) is 6.35. The molecular formula is C9H12N4S2. The molecule has 6 heteroatoms. The largest absolute Gasteiger partial charge is 0.349 e. The van der Waals surface area contributed by atoms with Crippen molar-refractivity contribution in [2.45, 2.75) is 13.3 Å². The lowest BCUT2D eigenvalue weighted by molar-refractivity contribution is 0.851. The highest BCUT2D eigenvalue weighted by molar-refractivity contribution is 7.15. The van der Waals surface area contributed by atoms with Gasteiger partial charge in [-0.1, -0.05) is 11.3 Å². The summed E-state index contributed by atoms with van der Waals surface area (Å²) in [5.41, 5.74) is 0. The summed E-state index contributed by atoms with van der Waals surface area (Å²) in [6.45, 7) is 2.90. The summed E-state index contributed by atoms with van der Waals surface area (Å²) in [4.78, 5) is 6.36. The number of aromatic nitrogens is 3. The molecule has 15 heavy (non-hydrogen) atoms. The van der Waals surface area contributed by atoms with Gasteiger partial charge in [0.25, 0.3) is 0 Å². The van der Waals surface area contributed by atoms with Crippen molar-refractivity contribution in [1.29, 1.82) is 0 Å². The molecule has 0 aliphatic rings. The maximum Gasteiger partial charge on any atom is 0.208 e. The number of rotatable bonds is 4. The highest BCUT2D eigenvalue weighted by atomic mass is 32.1. The van der Waals surface area contributed by atoms with Crippen LogP contribution in [0, 0.1) is 6.92 Å². The van der Waals surface area contributed by atoms with Crippen LogP contribution in [-0.2, 0) is 6.42 Å². The molecule has 80 valence electrons. The van der Waals surface area contributed by atoms with Gasteiger partial charge >= 0.3 is 0 Å². The van der Waals surface area contributed by atoms with Crippen LogP contribution < -0.4 is 4.90 Å². The molecule has 0 bridgehead atoms. The van der Waals surface area contributed by atoms with Crippen molar-refractivity contribution in [3.8, 4) is 0 Å². The zero-order valence-corrected chi connectivity index (χ0v) is 10.3. The number of anilines is 1.